The fraction of sp³-hybridized carbons (Fsp3) is 0.720. The summed E-state index contributed by atoms with van der Waals surface area (Å²) < 4.78 is 38.5. The van der Waals surface area contributed by atoms with Gasteiger partial charge in [-0.2, -0.15) is 0 Å². The summed E-state index contributed by atoms with van der Waals surface area (Å²) in [6.45, 7) is 6.64. The van der Waals surface area contributed by atoms with E-state index in [1.807, 2.05) is 0 Å². The topological polar surface area (TPSA) is 80.7 Å². The summed E-state index contributed by atoms with van der Waals surface area (Å²) in [5.74, 6) is -3.84. The fourth-order valence-corrected chi connectivity index (χ4v) is 7.94. The van der Waals surface area contributed by atoms with Crippen LogP contribution in [0.5, 0.6) is 0 Å². The predicted molar refractivity (Wildman–Crippen MR) is 118 cm³/mol. The molecule has 0 amide bonds. The maximum atomic E-state index is 17.2. The predicted octanol–water partition coefficient (Wildman–Crippen LogP) is 4.05. The van der Waals surface area contributed by atoms with Crippen LogP contribution < -0.4 is 0 Å². The van der Waals surface area contributed by atoms with Crippen molar-refractivity contribution in [1.82, 2.24) is 0 Å². The van der Waals surface area contributed by atoms with Crippen molar-refractivity contribution in [2.45, 2.75) is 76.9 Å². The van der Waals surface area contributed by atoms with Crippen LogP contribution in [0.3, 0.4) is 0 Å². The Morgan fingerprint density at radius 2 is 1.94 bits per heavy atom. The van der Waals surface area contributed by atoms with Crippen LogP contribution in [0.2, 0.25) is 0 Å². The zero-order chi connectivity index (χ0) is 24.6. The molecule has 0 saturated heterocycles. The molecular weight excluding hydrogens is 454 g/mol. The lowest BCUT2D eigenvalue weighted by Crippen LogP contribution is -2.71. The molecular formula is C25H31ClF2O5. The molecule has 0 aromatic rings. The number of hydrogen-bond acceptors (Lipinski definition) is 5. The number of aliphatic hydroxyl groups is 1. The molecule has 5 unspecified atom stereocenters. The summed E-state index contributed by atoms with van der Waals surface area (Å²) >= 11 is 5.97. The molecule has 0 heterocycles. The summed E-state index contributed by atoms with van der Waals surface area (Å²) in [5.41, 5.74) is -6.47. The molecule has 1 N–H and O–H groups in total. The van der Waals surface area contributed by atoms with Gasteiger partial charge in [-0.1, -0.05) is 26.8 Å². The second-order valence-corrected chi connectivity index (χ2v) is 10.9. The fourth-order valence-electron chi connectivity index (χ4n) is 7.74. The van der Waals surface area contributed by atoms with Gasteiger partial charge in [-0.15, -0.1) is 11.6 Å². The molecule has 3 fully saturated rings. The van der Waals surface area contributed by atoms with E-state index in [-0.39, 0.29) is 24.8 Å². The molecule has 0 spiro atoms. The van der Waals surface area contributed by atoms with Crippen LogP contribution in [-0.4, -0.2) is 52.1 Å². The summed E-state index contributed by atoms with van der Waals surface area (Å²) in [6, 6.07) is 0. The molecule has 0 aromatic carbocycles. The van der Waals surface area contributed by atoms with Crippen LogP contribution in [-0.2, 0) is 19.1 Å². The first kappa shape index (κ1) is 24.5. The van der Waals surface area contributed by atoms with Crippen LogP contribution in [0, 0.1) is 28.6 Å². The zero-order valence-corrected chi connectivity index (χ0v) is 20.1. The molecule has 4 aliphatic rings. The van der Waals surface area contributed by atoms with E-state index in [1.54, 1.807) is 20.8 Å². The first-order valence-electron chi connectivity index (χ1n) is 11.6. The Morgan fingerprint density at radius 1 is 1.27 bits per heavy atom. The number of ketones is 2. The van der Waals surface area contributed by atoms with Crippen molar-refractivity contribution < 1.29 is 33.0 Å². The summed E-state index contributed by atoms with van der Waals surface area (Å²) in [6.07, 6.45) is 0.584. The first-order chi connectivity index (χ1) is 15.3. The van der Waals surface area contributed by atoms with Gasteiger partial charge in [0, 0.05) is 29.1 Å². The number of hydrogen-bond donors (Lipinski definition) is 1. The Balaban J connectivity index is 1.88. The minimum Gasteiger partial charge on any atom is -0.450 e. The number of ether oxygens (including phenoxy) is 1. The van der Waals surface area contributed by atoms with Gasteiger partial charge in [-0.25, -0.2) is 8.78 Å². The van der Waals surface area contributed by atoms with Gasteiger partial charge in [-0.05, 0) is 49.8 Å². The minimum atomic E-state index is -2.25. The van der Waals surface area contributed by atoms with E-state index in [4.69, 9.17) is 16.3 Å². The van der Waals surface area contributed by atoms with E-state index in [1.165, 1.54) is 19.1 Å². The van der Waals surface area contributed by atoms with E-state index >= 15 is 8.78 Å². The van der Waals surface area contributed by atoms with Crippen molar-refractivity contribution in [3.05, 3.63) is 23.8 Å². The number of carbonyl (C=O) groups excluding carboxylic acids is 3. The molecule has 0 radical (unpaired) electrons. The van der Waals surface area contributed by atoms with Gasteiger partial charge in [0.1, 0.15) is 6.17 Å². The molecule has 9 atom stereocenters. The number of alkyl halides is 3. The van der Waals surface area contributed by atoms with Crippen LogP contribution in [0.4, 0.5) is 8.78 Å². The monoisotopic (exact) mass is 484 g/mol. The van der Waals surface area contributed by atoms with E-state index in [2.05, 4.69) is 0 Å². The standard InChI is InChI=1S/C25H31ClF2O5/c1-5-21(32)33-25(20(31)12-26)13(2)8-15-16-10-18(27)17-9-14(29)6-7-22(17,3)24(16,28)19(30)11-23(15,25)4/h6-7,9,13,15-16,18-19,30H,5,8,10-12H2,1-4H3/t13-,15?,16?,18-,19?,22?,23?,24-,25-/m0/s1. The Labute approximate surface area is 197 Å². The van der Waals surface area contributed by atoms with Gasteiger partial charge in [0.05, 0.1) is 12.0 Å². The van der Waals surface area contributed by atoms with Crippen LogP contribution in [0.25, 0.3) is 0 Å². The third-order valence-electron chi connectivity index (χ3n) is 9.27. The lowest BCUT2D eigenvalue weighted by Gasteiger charge is -2.63. The van der Waals surface area contributed by atoms with E-state index in [0.717, 1.165) is 6.08 Å². The highest BCUT2D eigenvalue weighted by Crippen LogP contribution is 2.71. The van der Waals surface area contributed by atoms with Gasteiger partial charge >= 0.3 is 5.97 Å². The Kier molecular flexibility index (Phi) is 5.73. The van der Waals surface area contributed by atoms with Gasteiger partial charge in [0.25, 0.3) is 0 Å². The van der Waals surface area contributed by atoms with Crippen molar-refractivity contribution in [1.29, 1.82) is 0 Å². The smallest absolute Gasteiger partial charge is 0.306 e. The van der Waals surface area contributed by atoms with Crippen LogP contribution >= 0.6 is 11.6 Å². The molecule has 4 aliphatic carbocycles. The summed E-state index contributed by atoms with van der Waals surface area (Å²) in [4.78, 5) is 37.7. The zero-order valence-electron chi connectivity index (χ0n) is 19.4. The summed E-state index contributed by atoms with van der Waals surface area (Å²) in [5, 5.41) is 11.4. The molecule has 0 aliphatic heterocycles. The molecule has 4 rings (SSSR count). The Hall–Kier alpha value is -1.60. The number of rotatable bonds is 4. The number of allylic oxidation sites excluding steroid dienone is 4. The molecule has 182 valence electrons. The van der Waals surface area contributed by atoms with Crippen LogP contribution in [0.1, 0.15) is 53.4 Å². The average Bonchev–Trinajstić information content (AvgIpc) is 2.98. The minimum absolute atomic E-state index is 0.0431. The molecule has 0 bridgehead atoms. The van der Waals surface area contributed by atoms with Gasteiger partial charge in [0.15, 0.2) is 22.8 Å². The van der Waals surface area contributed by atoms with Crippen LogP contribution in [0.15, 0.2) is 23.8 Å². The highest BCUT2D eigenvalue weighted by molar-refractivity contribution is 6.29. The first-order valence-corrected chi connectivity index (χ1v) is 12.1. The average molecular weight is 485 g/mol. The third-order valence-corrected chi connectivity index (χ3v) is 9.51. The maximum Gasteiger partial charge on any atom is 0.306 e. The molecule has 8 heteroatoms. The SMILES string of the molecule is CCC(=O)O[C@]1(C(=O)CCl)[C@@H](C)CC2C3C[C@H](F)C4=CC(=O)C=CC4(C)[C@@]3(F)C(O)CC21C. The number of fused-ring (bicyclic) bond motifs is 5. The normalized spacial score (nSPS) is 48.4. The Bertz CT molecular complexity index is 964. The highest BCUT2D eigenvalue weighted by Gasteiger charge is 2.77. The number of esters is 1. The lowest BCUT2D eigenvalue weighted by atomic mass is 9.44. The van der Waals surface area contributed by atoms with E-state index in [0.29, 0.717) is 6.42 Å². The number of halogens is 3. The van der Waals surface area contributed by atoms with Crippen molar-refractivity contribution in [3.8, 4) is 0 Å². The van der Waals surface area contributed by atoms with Gasteiger partial charge < -0.3 is 9.84 Å². The molecule has 33 heavy (non-hydrogen) atoms. The highest BCUT2D eigenvalue weighted by atomic mass is 35.5. The maximum absolute atomic E-state index is 17.2. The van der Waals surface area contributed by atoms with E-state index < -0.39 is 75.5 Å². The third kappa shape index (κ3) is 2.87. The van der Waals surface area contributed by atoms with Crippen molar-refractivity contribution in [2.75, 3.05) is 5.88 Å². The number of aliphatic hydroxyl groups excluding tert-OH is 1. The largest absolute Gasteiger partial charge is 0.450 e. The quantitative estimate of drug-likeness (QED) is 0.481. The van der Waals surface area contributed by atoms with Gasteiger partial charge in [0.2, 0.25) is 0 Å². The van der Waals surface area contributed by atoms with Gasteiger partial charge in [-0.3, -0.25) is 14.4 Å². The van der Waals surface area contributed by atoms with Crippen molar-refractivity contribution >= 4 is 29.1 Å². The lowest BCUT2D eigenvalue weighted by molar-refractivity contribution is -0.230. The number of Topliss-reactive ketones (excluding diaryl/α,β-unsaturated/α-hetero) is 1. The van der Waals surface area contributed by atoms with Crippen molar-refractivity contribution in [2.24, 2.45) is 28.6 Å². The van der Waals surface area contributed by atoms with Crippen molar-refractivity contribution in [3.63, 3.8) is 0 Å². The second-order valence-electron chi connectivity index (χ2n) is 10.6. The van der Waals surface area contributed by atoms with E-state index in [9.17, 15) is 19.5 Å². The molecule has 0 aromatic heterocycles. The molecule has 3 saturated carbocycles. The second kappa shape index (κ2) is 7.70. The number of carbonyl (C=O) groups is 3. The summed E-state index contributed by atoms with van der Waals surface area (Å²) in [7, 11) is 0. The molecule has 5 nitrogen and oxygen atoms in total. The Morgan fingerprint density at radius 3 is 2.55 bits per heavy atom.